The van der Waals surface area contributed by atoms with E-state index in [0.29, 0.717) is 11.6 Å². The second kappa shape index (κ2) is 5.86. The van der Waals surface area contributed by atoms with E-state index in [0.717, 1.165) is 11.1 Å². The van der Waals surface area contributed by atoms with Crippen LogP contribution in [0.25, 0.3) is 0 Å². The van der Waals surface area contributed by atoms with E-state index in [1.165, 1.54) is 0 Å². The summed E-state index contributed by atoms with van der Waals surface area (Å²) in [6.07, 6.45) is 3.38. The predicted molar refractivity (Wildman–Crippen MR) is 81.3 cm³/mol. The zero-order chi connectivity index (χ0) is 14.8. The van der Waals surface area contributed by atoms with Gasteiger partial charge in [0.05, 0.1) is 17.5 Å². The van der Waals surface area contributed by atoms with E-state index in [4.69, 9.17) is 16.3 Å². The Balaban J connectivity index is 1.92. The maximum absolute atomic E-state index is 12.2. The standard InChI is InChI=1S/C17H16ClNO2/c1-2-21-17(20)16-14(11-6-4-3-5-7-11)15(16)12-8-13(18)10-19-9-12/h3-10,14-16H,2H2,1H3/t14-,15-,16-/m1/s1. The molecule has 4 heteroatoms. The predicted octanol–water partition coefficient (Wildman–Crippen LogP) is 3.80. The van der Waals surface area contributed by atoms with Gasteiger partial charge >= 0.3 is 5.97 Å². The number of ether oxygens (including phenoxy) is 1. The van der Waals surface area contributed by atoms with Gasteiger partial charge in [0, 0.05) is 24.2 Å². The van der Waals surface area contributed by atoms with Crippen LogP contribution in [0.2, 0.25) is 5.02 Å². The van der Waals surface area contributed by atoms with Crippen molar-refractivity contribution in [3.63, 3.8) is 0 Å². The van der Waals surface area contributed by atoms with E-state index in [1.54, 1.807) is 12.4 Å². The first kappa shape index (κ1) is 14.1. The molecule has 0 spiro atoms. The highest BCUT2D eigenvalue weighted by Crippen LogP contribution is 2.60. The topological polar surface area (TPSA) is 39.2 Å². The first-order chi connectivity index (χ1) is 10.2. The molecule has 21 heavy (non-hydrogen) atoms. The number of aromatic nitrogens is 1. The second-order valence-corrected chi connectivity index (χ2v) is 5.61. The highest BCUT2D eigenvalue weighted by molar-refractivity contribution is 6.30. The lowest BCUT2D eigenvalue weighted by Gasteiger charge is -2.01. The van der Waals surface area contributed by atoms with E-state index in [-0.39, 0.29) is 23.7 Å². The number of hydrogen-bond donors (Lipinski definition) is 0. The summed E-state index contributed by atoms with van der Waals surface area (Å²) in [5, 5.41) is 0.592. The molecular formula is C17H16ClNO2. The zero-order valence-corrected chi connectivity index (χ0v) is 12.5. The maximum atomic E-state index is 12.2. The molecule has 3 nitrogen and oxygen atoms in total. The van der Waals surface area contributed by atoms with Gasteiger partial charge in [-0.05, 0) is 24.1 Å². The van der Waals surface area contributed by atoms with Gasteiger partial charge in [-0.15, -0.1) is 0 Å². The number of esters is 1. The highest BCUT2D eigenvalue weighted by Gasteiger charge is 2.57. The first-order valence-corrected chi connectivity index (χ1v) is 7.42. The zero-order valence-electron chi connectivity index (χ0n) is 11.7. The van der Waals surface area contributed by atoms with Crippen LogP contribution in [-0.2, 0) is 9.53 Å². The Morgan fingerprint density at radius 1 is 1.19 bits per heavy atom. The van der Waals surface area contributed by atoms with Crippen LogP contribution in [0.5, 0.6) is 0 Å². The fourth-order valence-electron chi connectivity index (χ4n) is 2.96. The van der Waals surface area contributed by atoms with Crippen molar-refractivity contribution in [1.82, 2.24) is 4.98 Å². The van der Waals surface area contributed by atoms with Crippen molar-refractivity contribution in [3.8, 4) is 0 Å². The lowest BCUT2D eigenvalue weighted by Crippen LogP contribution is -2.08. The molecule has 1 aliphatic carbocycles. The third kappa shape index (κ3) is 2.79. The molecule has 2 aromatic rings. The van der Waals surface area contributed by atoms with E-state index in [9.17, 15) is 4.79 Å². The summed E-state index contributed by atoms with van der Waals surface area (Å²) in [4.78, 5) is 16.3. The van der Waals surface area contributed by atoms with Crippen LogP contribution >= 0.6 is 11.6 Å². The van der Waals surface area contributed by atoms with Crippen LogP contribution in [0.1, 0.15) is 29.9 Å². The van der Waals surface area contributed by atoms with Crippen LogP contribution < -0.4 is 0 Å². The van der Waals surface area contributed by atoms with Crippen molar-refractivity contribution in [2.24, 2.45) is 5.92 Å². The summed E-state index contributed by atoms with van der Waals surface area (Å²) in [6, 6.07) is 11.9. The van der Waals surface area contributed by atoms with Crippen LogP contribution in [0.3, 0.4) is 0 Å². The van der Waals surface area contributed by atoms with Gasteiger partial charge in [0.15, 0.2) is 0 Å². The molecule has 108 valence electrons. The van der Waals surface area contributed by atoms with E-state index in [1.807, 2.05) is 31.2 Å². The Hall–Kier alpha value is -1.87. The van der Waals surface area contributed by atoms with Gasteiger partial charge in [-0.2, -0.15) is 0 Å². The molecule has 0 aliphatic heterocycles. The molecular weight excluding hydrogens is 286 g/mol. The Morgan fingerprint density at radius 2 is 1.90 bits per heavy atom. The molecule has 0 amide bonds. The van der Waals surface area contributed by atoms with Crippen molar-refractivity contribution in [1.29, 1.82) is 0 Å². The molecule has 1 aromatic carbocycles. The summed E-state index contributed by atoms with van der Waals surface area (Å²) in [7, 11) is 0. The Kier molecular flexibility index (Phi) is 3.93. The number of carbonyl (C=O) groups excluding carboxylic acids is 1. The lowest BCUT2D eigenvalue weighted by molar-refractivity contribution is -0.144. The van der Waals surface area contributed by atoms with Crippen molar-refractivity contribution < 1.29 is 9.53 Å². The molecule has 1 fully saturated rings. The smallest absolute Gasteiger partial charge is 0.310 e. The fraction of sp³-hybridized carbons (Fsp3) is 0.294. The Morgan fingerprint density at radius 3 is 2.57 bits per heavy atom. The average Bonchev–Trinajstić information content (AvgIpc) is 3.24. The SMILES string of the molecule is CCOC(=O)[C@@H]1[C@H](c2ccccc2)[C@H]1c1cncc(Cl)c1. The molecule has 1 aromatic heterocycles. The first-order valence-electron chi connectivity index (χ1n) is 7.04. The third-order valence-corrected chi connectivity index (χ3v) is 4.08. The molecule has 1 saturated carbocycles. The van der Waals surface area contributed by atoms with Gasteiger partial charge in [-0.1, -0.05) is 41.9 Å². The fourth-order valence-corrected chi connectivity index (χ4v) is 3.14. The quantitative estimate of drug-likeness (QED) is 0.806. The van der Waals surface area contributed by atoms with Crippen LogP contribution in [0.15, 0.2) is 48.8 Å². The molecule has 0 saturated heterocycles. The number of hydrogen-bond acceptors (Lipinski definition) is 3. The number of carbonyl (C=O) groups is 1. The lowest BCUT2D eigenvalue weighted by atomic mass is 10.1. The molecule has 3 atom stereocenters. The third-order valence-electron chi connectivity index (χ3n) is 3.87. The number of rotatable bonds is 4. The molecule has 0 unspecified atom stereocenters. The van der Waals surface area contributed by atoms with Gasteiger partial charge in [-0.3, -0.25) is 9.78 Å². The van der Waals surface area contributed by atoms with E-state index >= 15 is 0 Å². The van der Waals surface area contributed by atoms with Crippen molar-refractivity contribution in [2.75, 3.05) is 6.61 Å². The van der Waals surface area contributed by atoms with Crippen LogP contribution in [0.4, 0.5) is 0 Å². The number of nitrogens with zero attached hydrogens (tertiary/aromatic N) is 1. The molecule has 1 heterocycles. The van der Waals surface area contributed by atoms with Gasteiger partial charge in [0.2, 0.25) is 0 Å². The van der Waals surface area contributed by atoms with Crippen molar-refractivity contribution >= 4 is 17.6 Å². The number of pyridine rings is 1. The highest BCUT2D eigenvalue weighted by atomic mass is 35.5. The molecule has 3 rings (SSSR count). The summed E-state index contributed by atoms with van der Waals surface area (Å²) in [6.45, 7) is 2.23. The molecule has 0 radical (unpaired) electrons. The minimum atomic E-state index is -0.146. The number of benzene rings is 1. The van der Waals surface area contributed by atoms with Gasteiger partial charge in [-0.25, -0.2) is 0 Å². The summed E-state index contributed by atoms with van der Waals surface area (Å²) >= 11 is 6.02. The summed E-state index contributed by atoms with van der Waals surface area (Å²) in [5.41, 5.74) is 2.15. The Bertz CT molecular complexity index is 644. The molecule has 0 N–H and O–H groups in total. The van der Waals surface area contributed by atoms with Crippen LogP contribution in [-0.4, -0.2) is 17.6 Å². The normalized spacial score (nSPS) is 23.6. The van der Waals surface area contributed by atoms with E-state index < -0.39 is 0 Å². The second-order valence-electron chi connectivity index (χ2n) is 5.18. The van der Waals surface area contributed by atoms with Crippen LogP contribution in [0, 0.1) is 5.92 Å². The minimum absolute atomic E-state index is 0.0950. The summed E-state index contributed by atoms with van der Waals surface area (Å²) < 4.78 is 5.21. The Labute approximate surface area is 128 Å². The minimum Gasteiger partial charge on any atom is -0.466 e. The summed E-state index contributed by atoms with van der Waals surface area (Å²) in [5.74, 6) is -0.0490. The maximum Gasteiger partial charge on any atom is 0.310 e. The molecule has 0 bridgehead atoms. The van der Waals surface area contributed by atoms with Crippen molar-refractivity contribution in [2.45, 2.75) is 18.8 Å². The largest absolute Gasteiger partial charge is 0.466 e. The van der Waals surface area contributed by atoms with Gasteiger partial charge < -0.3 is 4.74 Å². The van der Waals surface area contributed by atoms with Gasteiger partial charge in [0.25, 0.3) is 0 Å². The van der Waals surface area contributed by atoms with Gasteiger partial charge in [0.1, 0.15) is 0 Å². The molecule has 1 aliphatic rings. The van der Waals surface area contributed by atoms with E-state index in [2.05, 4.69) is 17.1 Å². The number of halogens is 1. The average molecular weight is 302 g/mol. The monoisotopic (exact) mass is 301 g/mol. The van der Waals surface area contributed by atoms with Crippen molar-refractivity contribution in [3.05, 3.63) is 64.9 Å².